The number of nitrogens with two attached hydrogens (primary N) is 1. The Hall–Kier alpha value is -1.97. The molecule has 0 aliphatic heterocycles. The van der Waals surface area contributed by atoms with Crippen LogP contribution in [0.5, 0.6) is 5.75 Å². The molecule has 0 heterocycles. The van der Waals surface area contributed by atoms with E-state index in [1.54, 1.807) is 25.3 Å². The third kappa shape index (κ3) is 3.74. The molecule has 3 N–H and O–H groups in total. The molecule has 0 atom stereocenters. The van der Waals surface area contributed by atoms with Gasteiger partial charge in [-0.1, -0.05) is 11.6 Å². The standard InChI is InChI=1S/C15H20N2O2/c1-19-14-9-12(8-13(16)10-14)15(18)17-7-6-11-4-2-3-5-11/h4,8-10H,2-3,5-7,16H2,1H3,(H,17,18). The summed E-state index contributed by atoms with van der Waals surface area (Å²) in [5, 5.41) is 2.91. The highest BCUT2D eigenvalue weighted by Gasteiger charge is 2.09. The third-order valence-corrected chi connectivity index (χ3v) is 3.29. The average molecular weight is 260 g/mol. The molecule has 0 radical (unpaired) electrons. The molecule has 1 aromatic rings. The number of carbonyl (C=O) groups excluding carboxylic acids is 1. The second-order valence-corrected chi connectivity index (χ2v) is 4.76. The quantitative estimate of drug-likeness (QED) is 0.631. The van der Waals surface area contributed by atoms with Gasteiger partial charge < -0.3 is 15.8 Å². The molecular formula is C15H20N2O2. The minimum Gasteiger partial charge on any atom is -0.497 e. The van der Waals surface area contributed by atoms with Crippen LogP contribution in [0, 0.1) is 0 Å². The molecule has 0 saturated carbocycles. The van der Waals surface area contributed by atoms with E-state index in [0.717, 1.165) is 6.42 Å². The number of rotatable bonds is 5. The zero-order chi connectivity index (χ0) is 13.7. The maximum atomic E-state index is 12.0. The monoisotopic (exact) mass is 260 g/mol. The van der Waals surface area contributed by atoms with Crippen LogP contribution in [0.15, 0.2) is 29.8 Å². The zero-order valence-corrected chi connectivity index (χ0v) is 11.2. The maximum absolute atomic E-state index is 12.0. The molecule has 0 bridgehead atoms. The van der Waals surface area contributed by atoms with Crippen LogP contribution >= 0.6 is 0 Å². The van der Waals surface area contributed by atoms with Gasteiger partial charge in [0, 0.05) is 23.9 Å². The van der Waals surface area contributed by atoms with E-state index in [0.29, 0.717) is 23.5 Å². The van der Waals surface area contributed by atoms with Crippen molar-refractivity contribution < 1.29 is 9.53 Å². The number of nitrogens with one attached hydrogen (secondary N) is 1. The first-order valence-electron chi connectivity index (χ1n) is 6.59. The van der Waals surface area contributed by atoms with E-state index in [2.05, 4.69) is 11.4 Å². The van der Waals surface area contributed by atoms with E-state index in [-0.39, 0.29) is 5.91 Å². The largest absolute Gasteiger partial charge is 0.497 e. The van der Waals surface area contributed by atoms with Crippen LogP contribution in [0.2, 0.25) is 0 Å². The molecule has 0 unspecified atom stereocenters. The summed E-state index contributed by atoms with van der Waals surface area (Å²) in [6.45, 7) is 0.668. The van der Waals surface area contributed by atoms with Gasteiger partial charge in [0.25, 0.3) is 5.91 Å². The first kappa shape index (κ1) is 13.5. The second kappa shape index (κ2) is 6.27. The molecule has 1 aliphatic rings. The molecule has 1 amide bonds. The molecular weight excluding hydrogens is 240 g/mol. The number of ether oxygens (including phenoxy) is 1. The summed E-state index contributed by atoms with van der Waals surface area (Å²) in [6, 6.07) is 5.05. The van der Waals surface area contributed by atoms with Gasteiger partial charge >= 0.3 is 0 Å². The minimum atomic E-state index is -0.107. The van der Waals surface area contributed by atoms with E-state index in [1.165, 1.54) is 24.8 Å². The molecule has 0 aromatic heterocycles. The first-order valence-corrected chi connectivity index (χ1v) is 6.59. The number of methoxy groups -OCH3 is 1. The van der Waals surface area contributed by atoms with E-state index < -0.39 is 0 Å². The molecule has 0 saturated heterocycles. The van der Waals surface area contributed by atoms with Crippen LogP contribution in [0.4, 0.5) is 5.69 Å². The van der Waals surface area contributed by atoms with E-state index in [4.69, 9.17) is 10.5 Å². The van der Waals surface area contributed by atoms with E-state index >= 15 is 0 Å². The lowest BCUT2D eigenvalue weighted by Gasteiger charge is -2.08. The Morgan fingerprint density at radius 1 is 1.42 bits per heavy atom. The highest BCUT2D eigenvalue weighted by Crippen LogP contribution is 2.20. The Morgan fingerprint density at radius 3 is 2.95 bits per heavy atom. The number of allylic oxidation sites excluding steroid dienone is 1. The van der Waals surface area contributed by atoms with Crippen LogP contribution < -0.4 is 15.8 Å². The topological polar surface area (TPSA) is 64.3 Å². The van der Waals surface area contributed by atoms with Crippen LogP contribution in [0.3, 0.4) is 0 Å². The summed E-state index contributed by atoms with van der Waals surface area (Å²) < 4.78 is 5.10. The number of anilines is 1. The van der Waals surface area contributed by atoms with Crippen molar-refractivity contribution in [2.24, 2.45) is 0 Å². The molecule has 19 heavy (non-hydrogen) atoms. The van der Waals surface area contributed by atoms with Crippen molar-refractivity contribution in [1.82, 2.24) is 5.32 Å². The molecule has 0 fully saturated rings. The SMILES string of the molecule is COc1cc(N)cc(C(=O)NCCC2=CCCC2)c1. The summed E-state index contributed by atoms with van der Waals surface area (Å²) in [5.74, 6) is 0.493. The minimum absolute atomic E-state index is 0.107. The third-order valence-electron chi connectivity index (χ3n) is 3.29. The Bertz CT molecular complexity index is 495. The number of amides is 1. The van der Waals surface area contributed by atoms with Crippen molar-refractivity contribution in [3.63, 3.8) is 0 Å². The number of nitrogen functional groups attached to an aromatic ring is 1. The Kier molecular flexibility index (Phi) is 4.44. The molecule has 0 spiro atoms. The summed E-state index contributed by atoms with van der Waals surface area (Å²) in [4.78, 5) is 12.0. The van der Waals surface area contributed by atoms with Crippen molar-refractivity contribution in [1.29, 1.82) is 0 Å². The van der Waals surface area contributed by atoms with Crippen LogP contribution in [0.25, 0.3) is 0 Å². The van der Waals surface area contributed by atoms with Gasteiger partial charge in [0.05, 0.1) is 7.11 Å². The van der Waals surface area contributed by atoms with Crippen molar-refractivity contribution in [3.8, 4) is 5.75 Å². The van der Waals surface area contributed by atoms with E-state index in [9.17, 15) is 4.79 Å². The number of hydrogen-bond acceptors (Lipinski definition) is 3. The normalized spacial score (nSPS) is 14.1. The van der Waals surface area contributed by atoms with Crippen molar-refractivity contribution in [2.75, 3.05) is 19.4 Å². The van der Waals surface area contributed by atoms with Crippen molar-refractivity contribution in [2.45, 2.75) is 25.7 Å². The predicted molar refractivity (Wildman–Crippen MR) is 76.3 cm³/mol. The lowest BCUT2D eigenvalue weighted by Crippen LogP contribution is -2.24. The fourth-order valence-corrected chi connectivity index (χ4v) is 2.27. The molecule has 1 aliphatic carbocycles. The van der Waals surface area contributed by atoms with Gasteiger partial charge in [0.1, 0.15) is 5.75 Å². The molecule has 4 heteroatoms. The van der Waals surface area contributed by atoms with Gasteiger partial charge in [-0.3, -0.25) is 4.79 Å². The van der Waals surface area contributed by atoms with Crippen molar-refractivity contribution >= 4 is 11.6 Å². The predicted octanol–water partition coefficient (Wildman–Crippen LogP) is 2.51. The Balaban J connectivity index is 1.90. The lowest BCUT2D eigenvalue weighted by atomic mass is 10.1. The van der Waals surface area contributed by atoms with Gasteiger partial charge in [-0.05, 0) is 37.8 Å². The van der Waals surface area contributed by atoms with Gasteiger partial charge in [-0.25, -0.2) is 0 Å². The summed E-state index contributed by atoms with van der Waals surface area (Å²) in [7, 11) is 1.56. The Labute approximate surface area is 113 Å². The number of hydrogen-bond donors (Lipinski definition) is 2. The highest BCUT2D eigenvalue weighted by molar-refractivity contribution is 5.95. The van der Waals surface area contributed by atoms with Gasteiger partial charge in [-0.2, -0.15) is 0 Å². The van der Waals surface area contributed by atoms with Crippen molar-refractivity contribution in [3.05, 3.63) is 35.4 Å². The number of benzene rings is 1. The summed E-state index contributed by atoms with van der Waals surface area (Å²) >= 11 is 0. The first-order chi connectivity index (χ1) is 9.19. The number of carbonyl (C=O) groups is 1. The smallest absolute Gasteiger partial charge is 0.251 e. The van der Waals surface area contributed by atoms with Crippen LogP contribution in [-0.4, -0.2) is 19.6 Å². The average Bonchev–Trinajstić information content (AvgIpc) is 2.91. The zero-order valence-electron chi connectivity index (χ0n) is 11.2. The fourth-order valence-electron chi connectivity index (χ4n) is 2.27. The molecule has 4 nitrogen and oxygen atoms in total. The maximum Gasteiger partial charge on any atom is 0.251 e. The lowest BCUT2D eigenvalue weighted by molar-refractivity contribution is 0.0954. The fraction of sp³-hybridized carbons (Fsp3) is 0.400. The van der Waals surface area contributed by atoms with Gasteiger partial charge in [-0.15, -0.1) is 0 Å². The summed E-state index contributed by atoms with van der Waals surface area (Å²) in [5.41, 5.74) is 8.25. The van der Waals surface area contributed by atoms with Gasteiger partial charge in [0.2, 0.25) is 0 Å². The van der Waals surface area contributed by atoms with Crippen LogP contribution in [-0.2, 0) is 0 Å². The summed E-state index contributed by atoms with van der Waals surface area (Å²) in [6.07, 6.45) is 6.80. The molecule has 2 rings (SSSR count). The van der Waals surface area contributed by atoms with Gasteiger partial charge in [0.15, 0.2) is 0 Å². The highest BCUT2D eigenvalue weighted by atomic mass is 16.5. The second-order valence-electron chi connectivity index (χ2n) is 4.76. The van der Waals surface area contributed by atoms with E-state index in [1.807, 2.05) is 0 Å². The van der Waals surface area contributed by atoms with Crippen LogP contribution in [0.1, 0.15) is 36.0 Å². The molecule has 1 aromatic carbocycles. The Morgan fingerprint density at radius 2 is 2.26 bits per heavy atom. The molecule has 102 valence electrons.